The van der Waals surface area contributed by atoms with Gasteiger partial charge < -0.3 is 19.2 Å². The molecule has 1 aliphatic carbocycles. The van der Waals surface area contributed by atoms with Crippen LogP contribution in [0.25, 0.3) is 0 Å². The van der Waals surface area contributed by atoms with E-state index in [2.05, 4.69) is 15.5 Å². The summed E-state index contributed by atoms with van der Waals surface area (Å²) in [5.41, 5.74) is 0. The topological polar surface area (TPSA) is 86.5 Å². The van der Waals surface area contributed by atoms with E-state index in [4.69, 9.17) is 13.9 Å². The third-order valence-corrected chi connectivity index (χ3v) is 5.99. The summed E-state index contributed by atoms with van der Waals surface area (Å²) in [7, 11) is 0. The van der Waals surface area contributed by atoms with E-state index < -0.39 is 6.10 Å². The number of hydrogen-bond acceptors (Lipinski definition) is 7. The zero-order valence-electron chi connectivity index (χ0n) is 15.9. The second-order valence-electron chi connectivity index (χ2n) is 7.23. The van der Waals surface area contributed by atoms with Gasteiger partial charge in [-0.25, -0.2) is 0 Å². The number of hydrogen-bond donors (Lipinski definition) is 1. The molecule has 1 saturated carbocycles. The van der Waals surface area contributed by atoms with Crippen molar-refractivity contribution in [3.63, 3.8) is 0 Å². The maximum absolute atomic E-state index is 12.5. The van der Waals surface area contributed by atoms with Crippen molar-refractivity contribution in [2.45, 2.75) is 68.1 Å². The monoisotopic (exact) mass is 403 g/mol. The van der Waals surface area contributed by atoms with Crippen molar-refractivity contribution in [2.75, 3.05) is 6.61 Å². The average molecular weight is 404 g/mol. The van der Waals surface area contributed by atoms with Crippen molar-refractivity contribution in [2.24, 2.45) is 0 Å². The lowest BCUT2D eigenvalue weighted by molar-refractivity contribution is -0.121. The summed E-state index contributed by atoms with van der Waals surface area (Å²) in [6.07, 6.45) is 6.57. The summed E-state index contributed by atoms with van der Waals surface area (Å²) in [5, 5.41) is 11.4. The van der Waals surface area contributed by atoms with Crippen LogP contribution in [0.4, 0.5) is 0 Å². The van der Waals surface area contributed by atoms with E-state index in [9.17, 15) is 4.79 Å². The molecule has 1 N–H and O–H groups in total. The maximum atomic E-state index is 12.5. The molecule has 0 saturated heterocycles. The second kappa shape index (κ2) is 8.86. The van der Waals surface area contributed by atoms with Crippen molar-refractivity contribution in [3.05, 3.63) is 30.2 Å². The van der Waals surface area contributed by atoms with Crippen LogP contribution in [0.3, 0.4) is 0 Å². The Labute approximate surface area is 168 Å². The fraction of sp³-hybridized carbons (Fsp3) is 0.550. The predicted molar refractivity (Wildman–Crippen MR) is 105 cm³/mol. The van der Waals surface area contributed by atoms with E-state index in [1.165, 1.54) is 37.4 Å². The number of fused-ring (bicyclic) bond motifs is 1. The first-order valence-electron chi connectivity index (χ1n) is 9.88. The van der Waals surface area contributed by atoms with Crippen LogP contribution in [0, 0.1) is 0 Å². The summed E-state index contributed by atoms with van der Waals surface area (Å²) in [4.78, 5) is 12.5. The number of amides is 1. The highest BCUT2D eigenvalue weighted by atomic mass is 32.2. The number of ether oxygens (including phenoxy) is 2. The zero-order valence-corrected chi connectivity index (χ0v) is 16.7. The molecular weight excluding hydrogens is 378 g/mol. The number of thioether (sulfide) groups is 1. The molecule has 2 heterocycles. The molecule has 2 aromatic rings. The van der Waals surface area contributed by atoms with Gasteiger partial charge in [-0.05, 0) is 31.9 Å². The number of para-hydroxylation sites is 2. The maximum Gasteiger partial charge on any atom is 0.277 e. The Morgan fingerprint density at radius 3 is 2.68 bits per heavy atom. The van der Waals surface area contributed by atoms with E-state index in [0.717, 1.165) is 12.8 Å². The molecule has 7 nitrogen and oxygen atoms in total. The Morgan fingerprint density at radius 2 is 1.89 bits per heavy atom. The van der Waals surface area contributed by atoms with Crippen molar-refractivity contribution >= 4 is 17.7 Å². The average Bonchev–Trinajstić information content (AvgIpc) is 3.03. The van der Waals surface area contributed by atoms with Crippen LogP contribution in [0.1, 0.15) is 57.4 Å². The Morgan fingerprint density at radius 1 is 1.14 bits per heavy atom. The molecule has 0 bridgehead atoms. The van der Waals surface area contributed by atoms with Gasteiger partial charge >= 0.3 is 0 Å². The van der Waals surface area contributed by atoms with Crippen LogP contribution < -0.4 is 14.8 Å². The van der Waals surface area contributed by atoms with Gasteiger partial charge in [-0.3, -0.25) is 4.79 Å². The van der Waals surface area contributed by atoms with Gasteiger partial charge in [0.15, 0.2) is 11.5 Å². The van der Waals surface area contributed by atoms with Crippen LogP contribution in [0.15, 0.2) is 33.9 Å². The fourth-order valence-electron chi connectivity index (χ4n) is 3.49. The summed E-state index contributed by atoms with van der Waals surface area (Å²) >= 11 is 1.27. The van der Waals surface area contributed by atoms with Crippen LogP contribution in [-0.4, -0.2) is 34.0 Å². The van der Waals surface area contributed by atoms with Gasteiger partial charge in [0.05, 0.1) is 5.25 Å². The van der Waals surface area contributed by atoms with E-state index >= 15 is 0 Å². The van der Waals surface area contributed by atoms with Crippen molar-refractivity contribution in [1.82, 2.24) is 15.5 Å². The van der Waals surface area contributed by atoms with Crippen molar-refractivity contribution in [3.8, 4) is 11.5 Å². The normalized spacial score (nSPS) is 21.0. The van der Waals surface area contributed by atoms with Crippen molar-refractivity contribution < 1.29 is 18.7 Å². The molecule has 4 rings (SSSR count). The summed E-state index contributed by atoms with van der Waals surface area (Å²) in [6, 6.07) is 7.76. The SMILES string of the molecule is C[C@H](Sc1nnc([C@@H]2COc3ccccc3O2)o1)C(=O)NC1CCCCCC1. The lowest BCUT2D eigenvalue weighted by Crippen LogP contribution is -2.39. The minimum atomic E-state index is -0.452. The number of rotatable bonds is 5. The number of carbonyl (C=O) groups excluding carboxylic acids is 1. The van der Waals surface area contributed by atoms with Crippen LogP contribution in [0.2, 0.25) is 0 Å². The summed E-state index contributed by atoms with van der Waals surface area (Å²) in [6.45, 7) is 2.16. The molecule has 0 unspecified atom stereocenters. The molecule has 28 heavy (non-hydrogen) atoms. The highest BCUT2D eigenvalue weighted by molar-refractivity contribution is 8.00. The first kappa shape index (κ1) is 19.1. The Kier molecular flexibility index (Phi) is 6.04. The number of nitrogens with one attached hydrogen (secondary N) is 1. The quantitative estimate of drug-likeness (QED) is 0.598. The van der Waals surface area contributed by atoms with Crippen molar-refractivity contribution in [1.29, 1.82) is 0 Å². The number of aromatic nitrogens is 2. The van der Waals surface area contributed by atoms with Gasteiger partial charge in [0, 0.05) is 6.04 Å². The van der Waals surface area contributed by atoms with E-state index in [1.807, 2.05) is 31.2 Å². The van der Waals surface area contributed by atoms with Gasteiger partial charge in [0.2, 0.25) is 12.0 Å². The third kappa shape index (κ3) is 4.60. The molecule has 0 spiro atoms. The Bertz CT molecular complexity index is 804. The van der Waals surface area contributed by atoms with Crippen LogP contribution in [-0.2, 0) is 4.79 Å². The first-order valence-corrected chi connectivity index (χ1v) is 10.8. The molecule has 2 atom stereocenters. The van der Waals surface area contributed by atoms with Gasteiger partial charge in [-0.1, -0.05) is 49.6 Å². The third-order valence-electron chi connectivity index (χ3n) is 5.05. The fourth-order valence-corrected chi connectivity index (χ4v) is 4.19. The molecule has 1 aromatic heterocycles. The van der Waals surface area contributed by atoms with Crippen LogP contribution >= 0.6 is 11.8 Å². The Balaban J connectivity index is 1.32. The largest absolute Gasteiger partial charge is 0.485 e. The molecule has 0 radical (unpaired) electrons. The lowest BCUT2D eigenvalue weighted by atomic mass is 10.1. The summed E-state index contributed by atoms with van der Waals surface area (Å²) < 4.78 is 17.3. The van der Waals surface area contributed by atoms with E-state index in [1.54, 1.807) is 0 Å². The zero-order chi connectivity index (χ0) is 19.3. The van der Waals surface area contributed by atoms with Gasteiger partial charge in [0.1, 0.15) is 6.61 Å². The van der Waals surface area contributed by atoms with E-state index in [0.29, 0.717) is 29.2 Å². The second-order valence-corrected chi connectivity index (χ2v) is 8.52. The molecule has 1 fully saturated rings. The molecule has 1 aliphatic heterocycles. The van der Waals surface area contributed by atoms with Gasteiger partial charge in [0.25, 0.3) is 11.1 Å². The first-order chi connectivity index (χ1) is 13.7. The number of nitrogens with zero attached hydrogens (tertiary/aromatic N) is 2. The van der Waals surface area contributed by atoms with E-state index in [-0.39, 0.29) is 17.2 Å². The van der Waals surface area contributed by atoms with Gasteiger partial charge in [-0.2, -0.15) is 0 Å². The highest BCUT2D eigenvalue weighted by Crippen LogP contribution is 2.36. The molecule has 1 amide bonds. The lowest BCUT2D eigenvalue weighted by Gasteiger charge is -2.23. The Hall–Kier alpha value is -2.22. The predicted octanol–water partition coefficient (Wildman–Crippen LogP) is 3.90. The number of carbonyl (C=O) groups is 1. The van der Waals surface area contributed by atoms with Crippen LogP contribution in [0.5, 0.6) is 11.5 Å². The van der Waals surface area contributed by atoms with Gasteiger partial charge in [-0.15, -0.1) is 10.2 Å². The minimum Gasteiger partial charge on any atom is -0.485 e. The highest BCUT2D eigenvalue weighted by Gasteiger charge is 2.28. The molecule has 150 valence electrons. The standard InChI is InChI=1S/C20H25N3O4S/c1-13(18(24)21-14-8-4-2-3-5-9-14)28-20-23-22-19(27-20)17-12-25-15-10-6-7-11-16(15)26-17/h6-7,10-11,13-14,17H,2-5,8-9,12H2,1H3,(H,21,24)/t13-,17-/m0/s1. The molecule has 2 aliphatic rings. The minimum absolute atomic E-state index is 0.0165. The number of benzene rings is 1. The molecular formula is C20H25N3O4S. The summed E-state index contributed by atoms with van der Waals surface area (Å²) in [5.74, 6) is 1.73. The smallest absolute Gasteiger partial charge is 0.277 e. The molecule has 1 aromatic carbocycles. The molecule has 8 heteroatoms.